The maximum atomic E-state index is 14.3. The SMILES string of the molecule is CCN(C(=O)Cc1ccncc1)C1CC(C(=O)NCC2(CCCCOC)c3ccccc3Oc3ccccc32)CN(C(=O)OC(C)(C)C)C1. The molecule has 2 atom stereocenters. The number of rotatable bonds is 12. The molecule has 3 aromatic rings. The molecule has 2 aliphatic heterocycles. The van der Waals surface area contributed by atoms with Crippen molar-refractivity contribution in [1.29, 1.82) is 0 Å². The molecular weight excluding hydrogens is 620 g/mol. The Kier molecular flexibility index (Phi) is 11.6. The van der Waals surface area contributed by atoms with Gasteiger partial charge in [-0.25, -0.2) is 4.79 Å². The van der Waals surface area contributed by atoms with Crippen LogP contribution in [-0.2, 0) is 30.9 Å². The van der Waals surface area contributed by atoms with Crippen LogP contribution in [0.15, 0.2) is 73.1 Å². The third-order valence-electron chi connectivity index (χ3n) is 9.45. The van der Waals surface area contributed by atoms with Crippen molar-refractivity contribution in [3.05, 3.63) is 89.7 Å². The Bertz CT molecular complexity index is 1540. The number of benzene rings is 2. The Labute approximate surface area is 290 Å². The van der Waals surface area contributed by atoms with Crippen molar-refractivity contribution < 1.29 is 28.6 Å². The summed E-state index contributed by atoms with van der Waals surface area (Å²) >= 11 is 0. The number of piperidine rings is 1. The summed E-state index contributed by atoms with van der Waals surface area (Å²) in [4.78, 5) is 48.8. The highest BCUT2D eigenvalue weighted by molar-refractivity contribution is 5.82. The molecule has 0 radical (unpaired) electrons. The van der Waals surface area contributed by atoms with Crippen LogP contribution in [0.2, 0.25) is 0 Å². The van der Waals surface area contributed by atoms with Crippen LogP contribution in [0.1, 0.15) is 70.1 Å². The van der Waals surface area contributed by atoms with E-state index in [0.29, 0.717) is 26.1 Å². The van der Waals surface area contributed by atoms with Gasteiger partial charge in [-0.2, -0.15) is 0 Å². The number of unbranched alkanes of at least 4 members (excludes halogenated alkanes) is 1. The minimum absolute atomic E-state index is 0.0608. The van der Waals surface area contributed by atoms with E-state index in [1.54, 1.807) is 29.3 Å². The first-order valence-electron chi connectivity index (χ1n) is 17.3. The van der Waals surface area contributed by atoms with Crippen LogP contribution in [0.4, 0.5) is 4.79 Å². The number of aromatic nitrogens is 1. The Morgan fingerprint density at radius 2 is 1.63 bits per heavy atom. The highest BCUT2D eigenvalue weighted by Gasteiger charge is 2.44. The van der Waals surface area contributed by atoms with Crippen molar-refractivity contribution in [2.75, 3.05) is 39.9 Å². The number of nitrogens with one attached hydrogen (secondary N) is 1. The molecule has 0 saturated carbocycles. The number of likely N-dealkylation sites (N-methyl/N-ethyl adjacent to an activating group) is 1. The first kappa shape index (κ1) is 35.9. The number of likely N-dealkylation sites (tertiary alicyclic amines) is 1. The number of hydrogen-bond donors (Lipinski definition) is 1. The standard InChI is InChI=1S/C39H50N4O6/c1-6-43(35(44)23-28-17-20-40-21-18-28)30-24-29(25-42(26-30)37(46)49-38(2,3)4)36(45)41-27-39(19-11-12-22-47-5)31-13-7-9-15-33(31)48-34-16-10-8-14-32(34)39/h7-10,13-18,20-21,29-30H,6,11-12,19,22-27H2,1-5H3,(H,41,45). The van der Waals surface area contributed by atoms with Crippen LogP contribution < -0.4 is 10.1 Å². The Hall–Kier alpha value is -4.44. The van der Waals surface area contributed by atoms with Crippen molar-refractivity contribution >= 4 is 17.9 Å². The van der Waals surface area contributed by atoms with Gasteiger partial charge in [0, 0.05) is 68.8 Å². The fourth-order valence-electron chi connectivity index (χ4n) is 7.15. The lowest BCUT2D eigenvalue weighted by Crippen LogP contribution is -2.58. The smallest absolute Gasteiger partial charge is 0.410 e. The van der Waals surface area contributed by atoms with Gasteiger partial charge in [0.25, 0.3) is 0 Å². The lowest BCUT2D eigenvalue weighted by molar-refractivity contribution is -0.137. The van der Waals surface area contributed by atoms with Crippen molar-refractivity contribution in [2.45, 2.75) is 76.9 Å². The van der Waals surface area contributed by atoms with Gasteiger partial charge in [0.05, 0.1) is 18.4 Å². The summed E-state index contributed by atoms with van der Waals surface area (Å²) in [5.74, 6) is 0.789. The lowest BCUT2D eigenvalue weighted by Gasteiger charge is -2.43. The van der Waals surface area contributed by atoms with E-state index in [4.69, 9.17) is 14.2 Å². The van der Waals surface area contributed by atoms with Crippen LogP contribution in [0.25, 0.3) is 0 Å². The Morgan fingerprint density at radius 1 is 0.980 bits per heavy atom. The molecule has 2 unspecified atom stereocenters. The molecule has 2 aromatic carbocycles. The second kappa shape index (κ2) is 15.8. The summed E-state index contributed by atoms with van der Waals surface area (Å²) in [6.07, 6.45) is 6.03. The molecular formula is C39H50N4O6. The molecule has 49 heavy (non-hydrogen) atoms. The van der Waals surface area contributed by atoms with Gasteiger partial charge in [0.2, 0.25) is 11.8 Å². The normalized spacial score (nSPS) is 18.0. The summed E-state index contributed by atoms with van der Waals surface area (Å²) < 4.78 is 17.5. The van der Waals surface area contributed by atoms with Gasteiger partial charge in [-0.05, 0) is 83.2 Å². The minimum atomic E-state index is -0.706. The minimum Gasteiger partial charge on any atom is -0.457 e. The molecule has 0 bridgehead atoms. The number of fused-ring (bicyclic) bond motifs is 2. The quantitative estimate of drug-likeness (QED) is 0.231. The van der Waals surface area contributed by atoms with Crippen LogP contribution >= 0.6 is 0 Å². The molecule has 3 heterocycles. The van der Waals surface area contributed by atoms with Gasteiger partial charge in [-0.3, -0.25) is 14.6 Å². The number of nitrogens with zero attached hydrogens (tertiary/aromatic N) is 3. The average Bonchev–Trinajstić information content (AvgIpc) is 3.09. The Morgan fingerprint density at radius 3 is 2.24 bits per heavy atom. The molecule has 10 nitrogen and oxygen atoms in total. The first-order chi connectivity index (χ1) is 23.5. The maximum Gasteiger partial charge on any atom is 0.410 e. The second-order valence-corrected chi connectivity index (χ2v) is 14.0. The molecule has 10 heteroatoms. The van der Waals surface area contributed by atoms with E-state index in [1.807, 2.05) is 76.2 Å². The Balaban J connectivity index is 1.42. The summed E-state index contributed by atoms with van der Waals surface area (Å²) in [5, 5.41) is 3.33. The summed E-state index contributed by atoms with van der Waals surface area (Å²) in [7, 11) is 1.71. The third kappa shape index (κ3) is 8.60. The number of methoxy groups -OCH3 is 1. The van der Waals surface area contributed by atoms with E-state index in [1.165, 1.54) is 0 Å². The molecule has 1 saturated heterocycles. The predicted molar refractivity (Wildman–Crippen MR) is 188 cm³/mol. The fourth-order valence-corrected chi connectivity index (χ4v) is 7.15. The zero-order valence-electron chi connectivity index (χ0n) is 29.4. The van der Waals surface area contributed by atoms with E-state index in [0.717, 1.165) is 47.5 Å². The van der Waals surface area contributed by atoms with Gasteiger partial charge >= 0.3 is 6.09 Å². The van der Waals surface area contributed by atoms with Crippen molar-refractivity contribution in [3.8, 4) is 11.5 Å². The van der Waals surface area contributed by atoms with Crippen molar-refractivity contribution in [3.63, 3.8) is 0 Å². The molecule has 262 valence electrons. The monoisotopic (exact) mass is 670 g/mol. The van der Waals surface area contributed by atoms with Crippen LogP contribution in [0, 0.1) is 5.92 Å². The molecule has 1 aromatic heterocycles. The molecule has 2 aliphatic rings. The molecule has 0 aliphatic carbocycles. The largest absolute Gasteiger partial charge is 0.457 e. The molecule has 3 amide bonds. The summed E-state index contributed by atoms with van der Waals surface area (Å²) in [5.41, 5.74) is 1.68. The first-order valence-corrected chi connectivity index (χ1v) is 17.3. The predicted octanol–water partition coefficient (Wildman–Crippen LogP) is 6.12. The highest BCUT2D eigenvalue weighted by atomic mass is 16.6. The van der Waals surface area contributed by atoms with Gasteiger partial charge in [-0.15, -0.1) is 0 Å². The number of hydrogen-bond acceptors (Lipinski definition) is 7. The van der Waals surface area contributed by atoms with Crippen molar-refractivity contribution in [1.82, 2.24) is 20.1 Å². The summed E-state index contributed by atoms with van der Waals surface area (Å²) in [6.45, 7) is 9.33. The number of carbonyl (C=O) groups excluding carboxylic acids is 3. The highest BCUT2D eigenvalue weighted by Crippen LogP contribution is 2.50. The van der Waals surface area contributed by atoms with Gasteiger partial charge in [-0.1, -0.05) is 36.4 Å². The number of para-hydroxylation sites is 2. The summed E-state index contributed by atoms with van der Waals surface area (Å²) in [6, 6.07) is 19.4. The number of pyridine rings is 1. The molecule has 5 rings (SSSR count). The fraction of sp³-hybridized carbons (Fsp3) is 0.487. The third-order valence-corrected chi connectivity index (χ3v) is 9.45. The van der Waals surface area contributed by atoms with Gasteiger partial charge in [0.15, 0.2) is 0 Å². The van der Waals surface area contributed by atoms with E-state index >= 15 is 0 Å². The molecule has 0 spiro atoms. The molecule has 1 N–H and O–H groups in total. The molecule has 1 fully saturated rings. The second-order valence-electron chi connectivity index (χ2n) is 14.0. The zero-order chi connectivity index (χ0) is 35.0. The van der Waals surface area contributed by atoms with Gasteiger partial charge < -0.3 is 29.3 Å². The average molecular weight is 671 g/mol. The van der Waals surface area contributed by atoms with Crippen LogP contribution in [0.5, 0.6) is 11.5 Å². The van der Waals surface area contributed by atoms with E-state index < -0.39 is 23.0 Å². The maximum absolute atomic E-state index is 14.3. The lowest BCUT2D eigenvalue weighted by atomic mass is 9.69. The van der Waals surface area contributed by atoms with E-state index in [9.17, 15) is 14.4 Å². The topological polar surface area (TPSA) is 110 Å². The van der Waals surface area contributed by atoms with E-state index in [2.05, 4.69) is 22.4 Å². The zero-order valence-corrected chi connectivity index (χ0v) is 29.4. The number of amides is 3. The number of ether oxygens (including phenoxy) is 3. The van der Waals surface area contributed by atoms with E-state index in [-0.39, 0.29) is 37.4 Å². The van der Waals surface area contributed by atoms with Gasteiger partial charge in [0.1, 0.15) is 17.1 Å². The van der Waals surface area contributed by atoms with Crippen molar-refractivity contribution in [2.24, 2.45) is 5.92 Å². The van der Waals surface area contributed by atoms with Crippen LogP contribution in [-0.4, -0.2) is 84.2 Å². The van der Waals surface area contributed by atoms with Crippen LogP contribution in [0.3, 0.4) is 0 Å². The number of carbonyl (C=O) groups is 3.